The van der Waals surface area contributed by atoms with Gasteiger partial charge in [0.2, 0.25) is 5.91 Å². The summed E-state index contributed by atoms with van der Waals surface area (Å²) in [6.07, 6.45) is -0.925. The summed E-state index contributed by atoms with van der Waals surface area (Å²) in [5.74, 6) is -0.362. The summed E-state index contributed by atoms with van der Waals surface area (Å²) in [6, 6.07) is 3.73. The van der Waals surface area contributed by atoms with E-state index >= 15 is 0 Å². The van der Waals surface area contributed by atoms with E-state index in [1.807, 2.05) is 4.90 Å². The molecule has 0 unspecified atom stereocenters. The zero-order valence-electron chi connectivity index (χ0n) is 14.7. The quantitative estimate of drug-likeness (QED) is 0.823. The van der Waals surface area contributed by atoms with Crippen molar-refractivity contribution in [1.82, 2.24) is 15.5 Å². The third-order valence-corrected chi connectivity index (χ3v) is 5.15. The Kier molecular flexibility index (Phi) is 4.63. The van der Waals surface area contributed by atoms with Crippen molar-refractivity contribution in [1.29, 1.82) is 0 Å². The van der Waals surface area contributed by atoms with Crippen LogP contribution in [0.15, 0.2) is 18.2 Å². The molecule has 7 nitrogen and oxygen atoms in total. The Labute approximate surface area is 155 Å². The number of amides is 2. The topological polar surface area (TPSA) is 79.9 Å². The molecule has 0 radical (unpaired) electrons. The number of ether oxygens (including phenoxy) is 2. The largest absolute Gasteiger partial charge is 0.586 e. The van der Waals surface area contributed by atoms with Crippen LogP contribution in [0.3, 0.4) is 0 Å². The Bertz CT molecular complexity index is 752. The predicted molar refractivity (Wildman–Crippen MR) is 90.7 cm³/mol. The molecule has 2 fully saturated rings. The highest BCUT2D eigenvalue weighted by molar-refractivity contribution is 5.95. The number of carbonyl (C=O) groups is 2. The minimum Gasteiger partial charge on any atom is -0.395 e. The third kappa shape index (κ3) is 3.83. The number of benzene rings is 1. The Balaban J connectivity index is 1.28. The van der Waals surface area contributed by atoms with Gasteiger partial charge in [0.05, 0.1) is 6.04 Å². The maximum absolute atomic E-state index is 13.1. The van der Waals surface area contributed by atoms with Gasteiger partial charge in [-0.1, -0.05) is 0 Å². The minimum absolute atomic E-state index is 0.0974. The number of hydrogen-bond acceptors (Lipinski definition) is 5. The molecule has 2 N–H and O–H groups in total. The van der Waals surface area contributed by atoms with E-state index in [1.165, 1.54) is 18.2 Å². The highest BCUT2D eigenvalue weighted by Gasteiger charge is 2.43. The SMILES string of the molecule is O=C(NC[C@@H]1CN[C@H](C(=O)N2CCCC2)C1)c1ccc2c(c1)OC(F)(F)O2. The van der Waals surface area contributed by atoms with Crippen LogP contribution >= 0.6 is 0 Å². The molecule has 2 saturated heterocycles. The first-order chi connectivity index (χ1) is 12.9. The molecule has 0 aromatic heterocycles. The summed E-state index contributed by atoms with van der Waals surface area (Å²) in [4.78, 5) is 26.6. The first-order valence-corrected chi connectivity index (χ1v) is 9.11. The molecule has 0 spiro atoms. The van der Waals surface area contributed by atoms with Gasteiger partial charge in [0.15, 0.2) is 11.5 Å². The smallest absolute Gasteiger partial charge is 0.395 e. The number of nitrogens with zero attached hydrogens (tertiary/aromatic N) is 1. The molecule has 146 valence electrons. The second-order valence-electron chi connectivity index (χ2n) is 7.13. The van der Waals surface area contributed by atoms with Gasteiger partial charge in [-0.15, -0.1) is 8.78 Å². The molecule has 0 aliphatic carbocycles. The van der Waals surface area contributed by atoms with Crippen molar-refractivity contribution in [3.63, 3.8) is 0 Å². The molecule has 3 aliphatic heterocycles. The summed E-state index contributed by atoms with van der Waals surface area (Å²) in [5.41, 5.74) is 0.214. The van der Waals surface area contributed by atoms with Crippen LogP contribution in [-0.4, -0.2) is 55.2 Å². The second kappa shape index (κ2) is 6.95. The van der Waals surface area contributed by atoms with Gasteiger partial charge in [-0.05, 0) is 43.4 Å². The van der Waals surface area contributed by atoms with Crippen LogP contribution in [0.4, 0.5) is 8.78 Å². The van der Waals surface area contributed by atoms with Crippen LogP contribution in [0.1, 0.15) is 29.6 Å². The fourth-order valence-electron chi connectivity index (χ4n) is 3.74. The molecule has 2 atom stereocenters. The number of likely N-dealkylation sites (tertiary alicyclic amines) is 1. The Morgan fingerprint density at radius 3 is 2.74 bits per heavy atom. The molecular weight excluding hydrogens is 360 g/mol. The van der Waals surface area contributed by atoms with Gasteiger partial charge in [0.1, 0.15) is 0 Å². The van der Waals surface area contributed by atoms with E-state index in [2.05, 4.69) is 20.1 Å². The highest BCUT2D eigenvalue weighted by Crippen LogP contribution is 2.41. The van der Waals surface area contributed by atoms with E-state index in [0.717, 1.165) is 25.9 Å². The normalized spacial score (nSPS) is 25.6. The van der Waals surface area contributed by atoms with Crippen LogP contribution in [0.5, 0.6) is 11.5 Å². The van der Waals surface area contributed by atoms with E-state index in [-0.39, 0.29) is 40.8 Å². The predicted octanol–water partition coefficient (Wildman–Crippen LogP) is 1.34. The van der Waals surface area contributed by atoms with Gasteiger partial charge in [-0.3, -0.25) is 9.59 Å². The lowest BCUT2D eigenvalue weighted by molar-refractivity contribution is -0.286. The van der Waals surface area contributed by atoms with E-state index in [0.29, 0.717) is 19.5 Å². The van der Waals surface area contributed by atoms with Crippen molar-refractivity contribution in [2.45, 2.75) is 31.6 Å². The molecule has 1 aromatic carbocycles. The molecule has 3 aliphatic rings. The van der Waals surface area contributed by atoms with Gasteiger partial charge >= 0.3 is 6.29 Å². The Morgan fingerprint density at radius 2 is 1.96 bits per heavy atom. The summed E-state index contributed by atoms with van der Waals surface area (Å²) in [6.45, 7) is 2.70. The minimum atomic E-state index is -3.70. The number of halogens is 2. The first-order valence-electron chi connectivity index (χ1n) is 9.11. The molecule has 4 rings (SSSR count). The van der Waals surface area contributed by atoms with E-state index in [9.17, 15) is 18.4 Å². The van der Waals surface area contributed by atoms with Crippen molar-refractivity contribution >= 4 is 11.8 Å². The summed E-state index contributed by atoms with van der Waals surface area (Å²) < 4.78 is 34.8. The number of fused-ring (bicyclic) bond motifs is 1. The maximum Gasteiger partial charge on any atom is 0.586 e. The number of carbonyl (C=O) groups excluding carboxylic acids is 2. The number of nitrogens with one attached hydrogen (secondary N) is 2. The lowest BCUT2D eigenvalue weighted by atomic mass is 10.0. The summed E-state index contributed by atoms with van der Waals surface area (Å²) in [5, 5.41) is 6.02. The summed E-state index contributed by atoms with van der Waals surface area (Å²) in [7, 11) is 0. The summed E-state index contributed by atoms with van der Waals surface area (Å²) >= 11 is 0. The van der Waals surface area contributed by atoms with Crippen molar-refractivity contribution in [2.24, 2.45) is 5.92 Å². The van der Waals surface area contributed by atoms with Crippen LogP contribution in [0.25, 0.3) is 0 Å². The molecule has 0 bridgehead atoms. The zero-order chi connectivity index (χ0) is 19.0. The van der Waals surface area contributed by atoms with Crippen molar-refractivity contribution in [2.75, 3.05) is 26.2 Å². The van der Waals surface area contributed by atoms with Crippen molar-refractivity contribution < 1.29 is 27.8 Å². The zero-order valence-corrected chi connectivity index (χ0v) is 14.7. The second-order valence-corrected chi connectivity index (χ2v) is 7.13. The first kappa shape index (κ1) is 18.0. The molecule has 1 aromatic rings. The van der Waals surface area contributed by atoms with E-state index in [1.54, 1.807) is 0 Å². The van der Waals surface area contributed by atoms with E-state index < -0.39 is 6.29 Å². The lowest BCUT2D eigenvalue weighted by Crippen LogP contribution is -2.42. The molecular formula is C18H21F2N3O4. The highest BCUT2D eigenvalue weighted by atomic mass is 19.3. The fourth-order valence-corrected chi connectivity index (χ4v) is 3.74. The standard InChI is InChI=1S/C18H21F2N3O4/c19-18(20)26-14-4-3-12(8-15(14)27-18)16(24)22-10-11-7-13(21-9-11)17(25)23-5-1-2-6-23/h3-4,8,11,13,21H,1-2,5-7,9-10H2,(H,22,24)/t11-,13-/m0/s1. The van der Waals surface area contributed by atoms with Crippen LogP contribution in [0.2, 0.25) is 0 Å². The van der Waals surface area contributed by atoms with Gasteiger partial charge in [-0.2, -0.15) is 0 Å². The maximum atomic E-state index is 13.1. The van der Waals surface area contributed by atoms with Crippen LogP contribution in [0, 0.1) is 5.92 Å². The molecule has 3 heterocycles. The van der Waals surface area contributed by atoms with Gasteiger partial charge < -0.3 is 25.0 Å². The van der Waals surface area contributed by atoms with Crippen molar-refractivity contribution in [3.8, 4) is 11.5 Å². The van der Waals surface area contributed by atoms with Gasteiger partial charge in [0.25, 0.3) is 5.91 Å². The number of alkyl halides is 2. The third-order valence-electron chi connectivity index (χ3n) is 5.15. The average Bonchev–Trinajstić information content (AvgIpc) is 3.36. The molecule has 2 amide bonds. The Morgan fingerprint density at radius 1 is 1.22 bits per heavy atom. The number of rotatable bonds is 4. The fraction of sp³-hybridized carbons (Fsp3) is 0.556. The van der Waals surface area contributed by atoms with Crippen LogP contribution < -0.4 is 20.1 Å². The molecule has 0 saturated carbocycles. The lowest BCUT2D eigenvalue weighted by Gasteiger charge is -2.20. The van der Waals surface area contributed by atoms with E-state index in [4.69, 9.17) is 0 Å². The molecule has 27 heavy (non-hydrogen) atoms. The number of hydrogen-bond donors (Lipinski definition) is 2. The van der Waals surface area contributed by atoms with Crippen LogP contribution in [-0.2, 0) is 4.79 Å². The Hall–Kier alpha value is -2.42. The van der Waals surface area contributed by atoms with Gasteiger partial charge in [-0.25, -0.2) is 0 Å². The average molecular weight is 381 g/mol. The van der Waals surface area contributed by atoms with Crippen molar-refractivity contribution in [3.05, 3.63) is 23.8 Å². The van der Waals surface area contributed by atoms with Gasteiger partial charge in [0, 0.05) is 31.7 Å². The molecule has 9 heteroatoms. The monoisotopic (exact) mass is 381 g/mol.